The number of nitrogens with zero attached hydrogens (tertiary/aromatic N) is 5. The molecule has 0 radical (unpaired) electrons. The SMILES string of the molecule is Cc1cc(Nc2ncnc3cnc(N4CCN(C)CC4)cc23)ccc1Oc1cccc(C(=O)NC(C)(C)C)c1. The number of nitrogens with one attached hydrogen (secondary N) is 2. The molecule has 1 fully saturated rings. The Kier molecular flexibility index (Phi) is 7.34. The molecule has 2 N–H and O–H groups in total. The number of piperazine rings is 1. The van der Waals surface area contributed by atoms with Crippen LogP contribution in [0.4, 0.5) is 17.3 Å². The van der Waals surface area contributed by atoms with Gasteiger partial charge in [0.05, 0.1) is 11.7 Å². The van der Waals surface area contributed by atoms with E-state index in [4.69, 9.17) is 4.74 Å². The molecule has 4 aromatic rings. The molecule has 2 aromatic carbocycles. The maximum absolute atomic E-state index is 12.6. The summed E-state index contributed by atoms with van der Waals surface area (Å²) in [6.45, 7) is 11.8. The topological polar surface area (TPSA) is 95.5 Å². The van der Waals surface area contributed by atoms with E-state index >= 15 is 0 Å². The number of carbonyl (C=O) groups excluding carboxylic acids is 1. The van der Waals surface area contributed by atoms with E-state index in [-0.39, 0.29) is 11.4 Å². The Morgan fingerprint density at radius 1 is 0.974 bits per heavy atom. The molecule has 9 nitrogen and oxygen atoms in total. The fourth-order valence-electron chi connectivity index (χ4n) is 4.48. The van der Waals surface area contributed by atoms with Gasteiger partial charge in [0, 0.05) is 48.4 Å². The maximum atomic E-state index is 12.6. The molecule has 0 spiro atoms. The number of likely N-dealkylation sites (N-methyl/N-ethyl adjacent to an activating group) is 1. The van der Waals surface area contributed by atoms with Crippen LogP contribution in [-0.4, -0.2) is 64.5 Å². The molecule has 0 atom stereocenters. The molecule has 1 aliphatic rings. The van der Waals surface area contributed by atoms with Crippen LogP contribution in [-0.2, 0) is 0 Å². The molecule has 2 aromatic heterocycles. The molecule has 39 heavy (non-hydrogen) atoms. The highest BCUT2D eigenvalue weighted by molar-refractivity contribution is 5.95. The smallest absolute Gasteiger partial charge is 0.251 e. The molecule has 1 aliphatic heterocycles. The van der Waals surface area contributed by atoms with Crippen LogP contribution in [0.3, 0.4) is 0 Å². The second-order valence-electron chi connectivity index (χ2n) is 11.0. The Balaban J connectivity index is 1.33. The second kappa shape index (κ2) is 10.9. The van der Waals surface area contributed by atoms with Crippen molar-refractivity contribution in [2.75, 3.05) is 43.4 Å². The number of aromatic nitrogens is 3. The molecule has 1 amide bonds. The molecule has 202 valence electrons. The predicted molar refractivity (Wildman–Crippen MR) is 155 cm³/mol. The zero-order chi connectivity index (χ0) is 27.6. The number of ether oxygens (including phenoxy) is 1. The minimum atomic E-state index is -0.314. The van der Waals surface area contributed by atoms with Gasteiger partial charge in [-0.1, -0.05) is 6.07 Å². The molecule has 9 heteroatoms. The summed E-state index contributed by atoms with van der Waals surface area (Å²) in [6, 6.07) is 15.2. The van der Waals surface area contributed by atoms with Crippen molar-refractivity contribution in [2.45, 2.75) is 33.2 Å². The highest BCUT2D eigenvalue weighted by Gasteiger charge is 2.18. The zero-order valence-corrected chi connectivity index (χ0v) is 23.2. The number of benzene rings is 2. The average molecular weight is 526 g/mol. The van der Waals surface area contributed by atoms with Crippen LogP contribution in [0.1, 0.15) is 36.7 Å². The molecule has 1 saturated heterocycles. The second-order valence-corrected chi connectivity index (χ2v) is 11.0. The normalized spacial score (nSPS) is 14.3. The molecule has 0 unspecified atom stereocenters. The van der Waals surface area contributed by atoms with Crippen LogP contribution in [0.2, 0.25) is 0 Å². The Labute approximate surface area is 229 Å². The van der Waals surface area contributed by atoms with Crippen molar-refractivity contribution >= 4 is 34.1 Å². The van der Waals surface area contributed by atoms with Crippen molar-refractivity contribution in [3.05, 3.63) is 72.2 Å². The van der Waals surface area contributed by atoms with Gasteiger partial charge in [-0.15, -0.1) is 0 Å². The van der Waals surface area contributed by atoms with Gasteiger partial charge in [0.1, 0.15) is 29.5 Å². The van der Waals surface area contributed by atoms with Gasteiger partial charge in [-0.2, -0.15) is 0 Å². The third-order valence-electron chi connectivity index (χ3n) is 6.58. The lowest BCUT2D eigenvalue weighted by Crippen LogP contribution is -2.44. The van der Waals surface area contributed by atoms with Gasteiger partial charge in [-0.3, -0.25) is 4.79 Å². The number of anilines is 3. The van der Waals surface area contributed by atoms with Crippen molar-refractivity contribution in [3.8, 4) is 11.5 Å². The van der Waals surface area contributed by atoms with Crippen LogP contribution in [0.5, 0.6) is 11.5 Å². The standard InChI is InChI=1S/C30H35N7O2/c1-20-15-22(9-10-26(20)39-23-8-6-7-21(16-23)29(38)35-30(2,3)4)34-28-24-17-27(31-18-25(24)32-19-33-28)37-13-11-36(5)12-14-37/h6-10,15-19H,11-14H2,1-5H3,(H,35,38)(H,32,33,34). The summed E-state index contributed by atoms with van der Waals surface area (Å²) < 4.78 is 6.15. The largest absolute Gasteiger partial charge is 0.457 e. The fraction of sp³-hybridized carbons (Fsp3) is 0.333. The first-order valence-corrected chi connectivity index (χ1v) is 13.2. The van der Waals surface area contributed by atoms with E-state index in [1.165, 1.54) is 0 Å². The summed E-state index contributed by atoms with van der Waals surface area (Å²) in [5.74, 6) is 2.84. The number of hydrogen-bond acceptors (Lipinski definition) is 8. The number of fused-ring (bicyclic) bond motifs is 1. The molecule has 0 bridgehead atoms. The first kappa shape index (κ1) is 26.4. The highest BCUT2D eigenvalue weighted by atomic mass is 16.5. The average Bonchev–Trinajstić information content (AvgIpc) is 2.90. The minimum absolute atomic E-state index is 0.132. The van der Waals surface area contributed by atoms with Crippen molar-refractivity contribution in [3.63, 3.8) is 0 Å². The molecular weight excluding hydrogens is 490 g/mol. The van der Waals surface area contributed by atoms with Gasteiger partial charge in [-0.25, -0.2) is 15.0 Å². The predicted octanol–water partition coefficient (Wildman–Crippen LogP) is 5.15. The van der Waals surface area contributed by atoms with Gasteiger partial charge in [0.15, 0.2) is 0 Å². The Morgan fingerprint density at radius 3 is 2.51 bits per heavy atom. The van der Waals surface area contributed by atoms with E-state index in [0.717, 1.165) is 60.0 Å². The Hall–Kier alpha value is -4.24. The maximum Gasteiger partial charge on any atom is 0.251 e. The minimum Gasteiger partial charge on any atom is -0.457 e. The zero-order valence-electron chi connectivity index (χ0n) is 23.2. The summed E-state index contributed by atoms with van der Waals surface area (Å²) in [5, 5.41) is 7.35. The van der Waals surface area contributed by atoms with Gasteiger partial charge < -0.3 is 25.2 Å². The van der Waals surface area contributed by atoms with E-state index in [9.17, 15) is 4.79 Å². The molecule has 3 heterocycles. The van der Waals surface area contributed by atoms with Crippen LogP contribution in [0.25, 0.3) is 10.9 Å². The quantitative estimate of drug-likeness (QED) is 0.357. The molecular formula is C30H35N7O2. The van der Waals surface area contributed by atoms with Gasteiger partial charge in [-0.05, 0) is 82.8 Å². The van der Waals surface area contributed by atoms with Crippen molar-refractivity contribution in [1.82, 2.24) is 25.2 Å². The summed E-state index contributed by atoms with van der Waals surface area (Å²) in [5.41, 5.74) is 2.86. The van der Waals surface area contributed by atoms with Crippen LogP contribution in [0, 0.1) is 6.92 Å². The van der Waals surface area contributed by atoms with E-state index in [2.05, 4.69) is 48.5 Å². The summed E-state index contributed by atoms with van der Waals surface area (Å²) in [4.78, 5) is 30.8. The molecule has 0 saturated carbocycles. The summed E-state index contributed by atoms with van der Waals surface area (Å²) in [6.07, 6.45) is 3.36. The fourth-order valence-corrected chi connectivity index (χ4v) is 4.48. The monoisotopic (exact) mass is 525 g/mol. The number of hydrogen-bond donors (Lipinski definition) is 2. The lowest BCUT2D eigenvalue weighted by molar-refractivity contribution is 0.0919. The molecule has 5 rings (SSSR count). The van der Waals surface area contributed by atoms with Gasteiger partial charge in [0.25, 0.3) is 5.91 Å². The Bertz CT molecular complexity index is 1490. The lowest BCUT2D eigenvalue weighted by atomic mass is 10.1. The number of amides is 1. The summed E-state index contributed by atoms with van der Waals surface area (Å²) >= 11 is 0. The van der Waals surface area contributed by atoms with Crippen molar-refractivity contribution in [1.29, 1.82) is 0 Å². The highest BCUT2D eigenvalue weighted by Crippen LogP contribution is 2.31. The van der Waals surface area contributed by atoms with Crippen molar-refractivity contribution in [2.24, 2.45) is 0 Å². The number of rotatable bonds is 6. The summed E-state index contributed by atoms with van der Waals surface area (Å²) in [7, 11) is 2.14. The third-order valence-corrected chi connectivity index (χ3v) is 6.58. The third kappa shape index (κ3) is 6.43. The van der Waals surface area contributed by atoms with E-state index in [1.54, 1.807) is 18.5 Å². The lowest BCUT2D eigenvalue weighted by Gasteiger charge is -2.33. The Morgan fingerprint density at radius 2 is 1.77 bits per heavy atom. The molecule has 0 aliphatic carbocycles. The number of aryl methyl sites for hydroxylation is 1. The first-order valence-electron chi connectivity index (χ1n) is 13.2. The van der Waals surface area contributed by atoms with E-state index in [0.29, 0.717) is 17.1 Å². The van der Waals surface area contributed by atoms with Crippen molar-refractivity contribution < 1.29 is 9.53 Å². The van der Waals surface area contributed by atoms with Crippen LogP contribution >= 0.6 is 0 Å². The van der Waals surface area contributed by atoms with E-state index < -0.39 is 0 Å². The number of carbonyl (C=O) groups is 1. The first-order chi connectivity index (χ1) is 18.6. The van der Waals surface area contributed by atoms with Crippen LogP contribution in [0.15, 0.2) is 61.1 Å². The van der Waals surface area contributed by atoms with Gasteiger partial charge >= 0.3 is 0 Å². The van der Waals surface area contributed by atoms with Gasteiger partial charge in [0.2, 0.25) is 0 Å². The van der Waals surface area contributed by atoms with E-state index in [1.807, 2.05) is 64.2 Å². The van der Waals surface area contributed by atoms with Crippen LogP contribution < -0.4 is 20.3 Å². The number of pyridine rings is 1.